The topological polar surface area (TPSA) is 44.8 Å². The summed E-state index contributed by atoms with van der Waals surface area (Å²) >= 11 is 0. The molecule has 0 N–H and O–H groups in total. The Balaban J connectivity index is 2.51. The average Bonchev–Trinajstić information content (AvgIpc) is 2.36. The summed E-state index contributed by atoms with van der Waals surface area (Å²) in [6, 6.07) is 3.26. The van der Waals surface area contributed by atoms with Crippen molar-refractivity contribution in [3.8, 4) is 17.2 Å². The lowest BCUT2D eigenvalue weighted by Gasteiger charge is -2.21. The lowest BCUT2D eigenvalue weighted by Crippen LogP contribution is -2.16. The molecule has 1 heterocycles. The maximum Gasteiger partial charge on any atom is 0.203 e. The van der Waals surface area contributed by atoms with Crippen molar-refractivity contribution in [3.05, 3.63) is 30.4 Å². The fourth-order valence-electron chi connectivity index (χ4n) is 1.53. The third kappa shape index (κ3) is 1.74. The zero-order chi connectivity index (χ0) is 11.5. The second-order valence-corrected chi connectivity index (χ2v) is 3.27. The summed E-state index contributed by atoms with van der Waals surface area (Å²) in [4.78, 5) is 11.5. The first-order chi connectivity index (χ1) is 7.76. The standard InChI is InChI=1S/C12H12O4/c1-3-9(13)8-6-10(14-2)12-11(7-8)15-4-5-16-12/h3,6-7H,1,4-5H2,2H3. The number of ether oxygens (including phenoxy) is 3. The zero-order valence-corrected chi connectivity index (χ0v) is 8.99. The van der Waals surface area contributed by atoms with Gasteiger partial charge in [-0.2, -0.15) is 0 Å². The van der Waals surface area contributed by atoms with E-state index in [4.69, 9.17) is 14.2 Å². The van der Waals surface area contributed by atoms with Gasteiger partial charge in [0.15, 0.2) is 17.3 Å². The molecule has 0 saturated carbocycles. The van der Waals surface area contributed by atoms with Gasteiger partial charge in [0.1, 0.15) is 13.2 Å². The second kappa shape index (κ2) is 4.26. The highest BCUT2D eigenvalue weighted by Crippen LogP contribution is 2.40. The number of carbonyl (C=O) groups excluding carboxylic acids is 1. The van der Waals surface area contributed by atoms with Gasteiger partial charge in [0.25, 0.3) is 0 Å². The number of methoxy groups -OCH3 is 1. The smallest absolute Gasteiger partial charge is 0.203 e. The Morgan fingerprint density at radius 2 is 2.19 bits per heavy atom. The van der Waals surface area contributed by atoms with Gasteiger partial charge in [0, 0.05) is 5.56 Å². The number of hydrogen-bond donors (Lipinski definition) is 0. The van der Waals surface area contributed by atoms with Crippen LogP contribution in [0.3, 0.4) is 0 Å². The summed E-state index contributed by atoms with van der Waals surface area (Å²) < 4.78 is 16.0. The molecule has 84 valence electrons. The van der Waals surface area contributed by atoms with Crippen molar-refractivity contribution in [1.29, 1.82) is 0 Å². The molecule has 1 aromatic rings. The SMILES string of the molecule is C=CC(=O)c1cc(OC)c2c(c1)OCCO2. The van der Waals surface area contributed by atoms with E-state index in [2.05, 4.69) is 6.58 Å². The molecule has 1 aliphatic heterocycles. The molecule has 0 aromatic heterocycles. The molecule has 0 bridgehead atoms. The fraction of sp³-hybridized carbons (Fsp3) is 0.250. The largest absolute Gasteiger partial charge is 0.493 e. The number of allylic oxidation sites excluding steroid dienone is 1. The molecule has 1 aromatic carbocycles. The summed E-state index contributed by atoms with van der Waals surface area (Å²) in [5, 5.41) is 0. The van der Waals surface area contributed by atoms with E-state index in [0.717, 1.165) is 0 Å². The van der Waals surface area contributed by atoms with Crippen LogP contribution < -0.4 is 14.2 Å². The van der Waals surface area contributed by atoms with Crippen molar-refractivity contribution in [1.82, 2.24) is 0 Å². The number of carbonyl (C=O) groups is 1. The monoisotopic (exact) mass is 220 g/mol. The Kier molecular flexibility index (Phi) is 2.81. The molecule has 0 spiro atoms. The molecule has 0 amide bonds. The molecule has 0 aliphatic carbocycles. The summed E-state index contributed by atoms with van der Waals surface area (Å²) in [6.07, 6.45) is 1.25. The molecule has 16 heavy (non-hydrogen) atoms. The van der Waals surface area contributed by atoms with E-state index < -0.39 is 0 Å². The van der Waals surface area contributed by atoms with E-state index >= 15 is 0 Å². The van der Waals surface area contributed by atoms with Gasteiger partial charge in [-0.1, -0.05) is 6.58 Å². The summed E-state index contributed by atoms with van der Waals surface area (Å²) in [5.74, 6) is 1.42. The van der Waals surface area contributed by atoms with Crippen LogP contribution in [0.5, 0.6) is 17.2 Å². The highest BCUT2D eigenvalue weighted by Gasteiger charge is 2.19. The lowest BCUT2D eigenvalue weighted by atomic mass is 10.1. The van der Waals surface area contributed by atoms with Crippen LogP contribution in [0.25, 0.3) is 0 Å². The molecule has 0 atom stereocenters. The molecule has 2 rings (SSSR count). The second-order valence-electron chi connectivity index (χ2n) is 3.27. The highest BCUT2D eigenvalue weighted by molar-refractivity contribution is 6.05. The minimum Gasteiger partial charge on any atom is -0.493 e. The maximum atomic E-state index is 11.5. The Morgan fingerprint density at radius 1 is 1.44 bits per heavy atom. The maximum absolute atomic E-state index is 11.5. The van der Waals surface area contributed by atoms with Gasteiger partial charge in [-0.05, 0) is 18.2 Å². The number of ketones is 1. The van der Waals surface area contributed by atoms with Gasteiger partial charge in [-0.25, -0.2) is 0 Å². The Labute approximate surface area is 93.4 Å². The highest BCUT2D eigenvalue weighted by atomic mass is 16.6. The molecule has 0 unspecified atom stereocenters. The summed E-state index contributed by atoms with van der Waals surface area (Å²) in [6.45, 7) is 4.40. The predicted molar refractivity (Wildman–Crippen MR) is 58.5 cm³/mol. The van der Waals surface area contributed by atoms with Crippen molar-refractivity contribution >= 4 is 5.78 Å². The van der Waals surface area contributed by atoms with E-state index in [1.165, 1.54) is 13.2 Å². The van der Waals surface area contributed by atoms with Gasteiger partial charge in [0.05, 0.1) is 7.11 Å². The van der Waals surface area contributed by atoms with Crippen LogP contribution >= 0.6 is 0 Å². The van der Waals surface area contributed by atoms with E-state index in [-0.39, 0.29) is 5.78 Å². The lowest BCUT2D eigenvalue weighted by molar-refractivity contribution is 0.104. The van der Waals surface area contributed by atoms with Crippen LogP contribution in [-0.2, 0) is 0 Å². The van der Waals surface area contributed by atoms with E-state index in [1.807, 2.05) is 0 Å². The first-order valence-electron chi connectivity index (χ1n) is 4.90. The molecular weight excluding hydrogens is 208 g/mol. The van der Waals surface area contributed by atoms with E-state index in [0.29, 0.717) is 36.0 Å². The molecule has 1 aliphatic rings. The minimum atomic E-state index is -0.171. The van der Waals surface area contributed by atoms with Crippen molar-refractivity contribution in [2.45, 2.75) is 0 Å². The zero-order valence-electron chi connectivity index (χ0n) is 8.99. The van der Waals surface area contributed by atoms with Crippen molar-refractivity contribution in [3.63, 3.8) is 0 Å². The van der Waals surface area contributed by atoms with Gasteiger partial charge in [0.2, 0.25) is 5.75 Å². The normalized spacial score (nSPS) is 13.1. The van der Waals surface area contributed by atoms with Crippen molar-refractivity contribution in [2.24, 2.45) is 0 Å². The molecule has 0 radical (unpaired) electrons. The third-order valence-corrected chi connectivity index (χ3v) is 2.30. The van der Waals surface area contributed by atoms with Crippen LogP contribution in [0.1, 0.15) is 10.4 Å². The van der Waals surface area contributed by atoms with Gasteiger partial charge in [-0.3, -0.25) is 4.79 Å². The number of rotatable bonds is 3. The third-order valence-electron chi connectivity index (χ3n) is 2.30. The molecule has 0 fully saturated rings. The van der Waals surface area contributed by atoms with Crippen LogP contribution in [0, 0.1) is 0 Å². The number of benzene rings is 1. The minimum absolute atomic E-state index is 0.171. The van der Waals surface area contributed by atoms with E-state index in [9.17, 15) is 4.79 Å². The summed E-state index contributed by atoms with van der Waals surface area (Å²) in [7, 11) is 1.52. The molecule has 4 heteroatoms. The number of hydrogen-bond acceptors (Lipinski definition) is 4. The van der Waals surface area contributed by atoms with Crippen LogP contribution in [0.15, 0.2) is 24.8 Å². The molecule has 4 nitrogen and oxygen atoms in total. The van der Waals surface area contributed by atoms with Crippen LogP contribution in [-0.4, -0.2) is 26.1 Å². The van der Waals surface area contributed by atoms with Crippen molar-refractivity contribution < 1.29 is 19.0 Å². The fourth-order valence-corrected chi connectivity index (χ4v) is 1.53. The molecular formula is C12H12O4. The summed E-state index contributed by atoms with van der Waals surface area (Å²) in [5.41, 5.74) is 0.483. The quantitative estimate of drug-likeness (QED) is 0.576. The van der Waals surface area contributed by atoms with E-state index in [1.54, 1.807) is 12.1 Å². The van der Waals surface area contributed by atoms with Gasteiger partial charge >= 0.3 is 0 Å². The van der Waals surface area contributed by atoms with Gasteiger partial charge < -0.3 is 14.2 Å². The Bertz CT molecular complexity index is 420. The van der Waals surface area contributed by atoms with Crippen LogP contribution in [0.2, 0.25) is 0 Å². The number of fused-ring (bicyclic) bond motifs is 1. The first-order valence-corrected chi connectivity index (χ1v) is 4.90. The van der Waals surface area contributed by atoms with Crippen molar-refractivity contribution in [2.75, 3.05) is 20.3 Å². The average molecular weight is 220 g/mol. The van der Waals surface area contributed by atoms with Gasteiger partial charge in [-0.15, -0.1) is 0 Å². The Hall–Kier alpha value is -1.97. The molecule has 0 saturated heterocycles. The first kappa shape index (κ1) is 10.5. The Morgan fingerprint density at radius 3 is 2.88 bits per heavy atom. The predicted octanol–water partition coefficient (Wildman–Crippen LogP) is 1.84. The van der Waals surface area contributed by atoms with Crippen LogP contribution in [0.4, 0.5) is 0 Å².